The maximum absolute atomic E-state index is 11.9. The maximum atomic E-state index is 11.9. The van der Waals surface area contributed by atoms with Crippen molar-refractivity contribution in [3.63, 3.8) is 0 Å². The normalized spacial score (nSPS) is 10.5. The van der Waals surface area contributed by atoms with E-state index in [0.717, 1.165) is 11.7 Å². The number of nitrogens with one attached hydrogen (secondary N) is 2. The third-order valence-electron chi connectivity index (χ3n) is 2.32. The van der Waals surface area contributed by atoms with E-state index >= 15 is 0 Å². The summed E-state index contributed by atoms with van der Waals surface area (Å²) in [7, 11) is 0. The number of thiazole rings is 1. The van der Waals surface area contributed by atoms with Gasteiger partial charge >= 0.3 is 0 Å². The Morgan fingerprint density at radius 3 is 3.00 bits per heavy atom. The van der Waals surface area contributed by atoms with Crippen LogP contribution in [-0.4, -0.2) is 22.4 Å². The highest BCUT2D eigenvalue weighted by Gasteiger charge is 2.11. The van der Waals surface area contributed by atoms with Crippen LogP contribution in [0.25, 0.3) is 0 Å². The van der Waals surface area contributed by atoms with Gasteiger partial charge in [0.15, 0.2) is 5.13 Å². The zero-order valence-corrected chi connectivity index (χ0v) is 11.7. The molecule has 0 aromatic carbocycles. The third-order valence-corrected chi connectivity index (χ3v) is 3.12. The van der Waals surface area contributed by atoms with Crippen molar-refractivity contribution in [2.45, 2.75) is 13.8 Å². The molecule has 0 spiro atoms. The van der Waals surface area contributed by atoms with Gasteiger partial charge in [-0.1, -0.05) is 13.8 Å². The Morgan fingerprint density at radius 2 is 2.32 bits per heavy atom. The molecule has 0 saturated carbocycles. The van der Waals surface area contributed by atoms with Crippen molar-refractivity contribution < 1.29 is 4.79 Å². The van der Waals surface area contributed by atoms with Crippen molar-refractivity contribution in [1.82, 2.24) is 9.97 Å². The van der Waals surface area contributed by atoms with Crippen LogP contribution in [0.4, 0.5) is 10.8 Å². The standard InChI is InChI=1S/C13H16N4OS/c1-9(2)6-15-13-17-11(8-19-13)12(18)16-10-4-3-5-14-7-10/h3-5,7-9H,6H2,1-2H3,(H,15,17)(H,16,18). The first-order valence-electron chi connectivity index (χ1n) is 6.06. The van der Waals surface area contributed by atoms with Crippen LogP contribution in [0.5, 0.6) is 0 Å². The van der Waals surface area contributed by atoms with E-state index in [9.17, 15) is 4.79 Å². The van der Waals surface area contributed by atoms with Gasteiger partial charge in [-0.2, -0.15) is 0 Å². The number of aromatic nitrogens is 2. The van der Waals surface area contributed by atoms with Gasteiger partial charge in [0.25, 0.3) is 5.91 Å². The summed E-state index contributed by atoms with van der Waals surface area (Å²) in [5, 5.41) is 8.46. The lowest BCUT2D eigenvalue weighted by atomic mass is 10.2. The fourth-order valence-corrected chi connectivity index (χ4v) is 2.08. The lowest BCUT2D eigenvalue weighted by molar-refractivity contribution is 0.102. The van der Waals surface area contributed by atoms with E-state index in [1.807, 2.05) is 0 Å². The zero-order chi connectivity index (χ0) is 13.7. The summed E-state index contributed by atoms with van der Waals surface area (Å²) >= 11 is 1.43. The average molecular weight is 276 g/mol. The fraction of sp³-hybridized carbons (Fsp3) is 0.308. The van der Waals surface area contributed by atoms with Crippen LogP contribution in [0, 0.1) is 5.92 Å². The minimum Gasteiger partial charge on any atom is -0.361 e. The van der Waals surface area contributed by atoms with Gasteiger partial charge in [0.1, 0.15) is 5.69 Å². The Morgan fingerprint density at radius 1 is 1.47 bits per heavy atom. The average Bonchev–Trinajstić information content (AvgIpc) is 2.86. The molecule has 0 aliphatic carbocycles. The van der Waals surface area contributed by atoms with Crippen LogP contribution < -0.4 is 10.6 Å². The minimum atomic E-state index is -0.221. The van der Waals surface area contributed by atoms with Gasteiger partial charge in [0.05, 0.1) is 11.9 Å². The maximum Gasteiger partial charge on any atom is 0.275 e. The number of rotatable bonds is 5. The van der Waals surface area contributed by atoms with E-state index in [1.54, 1.807) is 29.9 Å². The van der Waals surface area contributed by atoms with Crippen LogP contribution in [0.15, 0.2) is 29.9 Å². The number of carbonyl (C=O) groups is 1. The molecule has 0 unspecified atom stereocenters. The summed E-state index contributed by atoms with van der Waals surface area (Å²) in [5.74, 6) is 0.318. The first-order valence-corrected chi connectivity index (χ1v) is 6.94. The van der Waals surface area contributed by atoms with Crippen molar-refractivity contribution in [2.75, 3.05) is 17.2 Å². The Bertz CT molecular complexity index is 539. The summed E-state index contributed by atoms with van der Waals surface area (Å²) in [6.45, 7) is 5.09. The number of hydrogen-bond donors (Lipinski definition) is 2. The summed E-state index contributed by atoms with van der Waals surface area (Å²) < 4.78 is 0. The number of anilines is 2. The smallest absolute Gasteiger partial charge is 0.275 e. The molecule has 0 bridgehead atoms. The van der Waals surface area contributed by atoms with Crippen molar-refractivity contribution in [3.05, 3.63) is 35.6 Å². The Labute approximate surface area is 116 Å². The molecule has 0 radical (unpaired) electrons. The zero-order valence-electron chi connectivity index (χ0n) is 10.9. The molecule has 2 N–H and O–H groups in total. The molecule has 0 fully saturated rings. The molecule has 2 rings (SSSR count). The topological polar surface area (TPSA) is 66.9 Å². The van der Waals surface area contributed by atoms with Gasteiger partial charge in [-0.15, -0.1) is 11.3 Å². The Hall–Kier alpha value is -1.95. The number of amides is 1. The Kier molecular flexibility index (Phi) is 4.46. The summed E-state index contributed by atoms with van der Waals surface area (Å²) in [5.41, 5.74) is 1.08. The fourth-order valence-electron chi connectivity index (χ4n) is 1.38. The van der Waals surface area contributed by atoms with Gasteiger partial charge in [-0.05, 0) is 18.1 Å². The second kappa shape index (κ2) is 6.29. The largest absolute Gasteiger partial charge is 0.361 e. The van der Waals surface area contributed by atoms with Gasteiger partial charge in [0.2, 0.25) is 0 Å². The van der Waals surface area contributed by atoms with E-state index in [4.69, 9.17) is 0 Å². The first kappa shape index (κ1) is 13.5. The van der Waals surface area contributed by atoms with Crippen LogP contribution in [0.3, 0.4) is 0 Å². The minimum absolute atomic E-state index is 0.221. The highest BCUT2D eigenvalue weighted by molar-refractivity contribution is 7.13. The summed E-state index contributed by atoms with van der Waals surface area (Å²) in [4.78, 5) is 20.1. The van der Waals surface area contributed by atoms with E-state index in [0.29, 0.717) is 17.3 Å². The molecule has 100 valence electrons. The second-order valence-electron chi connectivity index (χ2n) is 4.51. The monoisotopic (exact) mass is 276 g/mol. The van der Waals surface area contributed by atoms with Gasteiger partial charge in [-0.25, -0.2) is 4.98 Å². The summed E-state index contributed by atoms with van der Waals surface area (Å²) in [6.07, 6.45) is 3.26. The molecule has 2 aromatic rings. The van der Waals surface area contributed by atoms with Gasteiger partial charge < -0.3 is 10.6 Å². The molecule has 0 saturated heterocycles. The molecule has 0 aliphatic heterocycles. The third kappa shape index (κ3) is 4.03. The van der Waals surface area contributed by atoms with E-state index in [1.165, 1.54) is 11.3 Å². The van der Waals surface area contributed by atoms with Gasteiger partial charge in [-0.3, -0.25) is 9.78 Å². The predicted molar refractivity (Wildman–Crippen MR) is 77.6 cm³/mol. The molecule has 19 heavy (non-hydrogen) atoms. The summed E-state index contributed by atoms with van der Waals surface area (Å²) in [6, 6.07) is 3.56. The highest BCUT2D eigenvalue weighted by atomic mass is 32.1. The molecule has 2 heterocycles. The Balaban J connectivity index is 1.96. The van der Waals surface area contributed by atoms with E-state index < -0.39 is 0 Å². The molecule has 0 aliphatic rings. The molecular formula is C13H16N4OS. The van der Waals surface area contributed by atoms with Crippen LogP contribution >= 0.6 is 11.3 Å². The second-order valence-corrected chi connectivity index (χ2v) is 5.37. The van der Waals surface area contributed by atoms with E-state index in [-0.39, 0.29) is 5.91 Å². The van der Waals surface area contributed by atoms with Crippen LogP contribution in [0.2, 0.25) is 0 Å². The van der Waals surface area contributed by atoms with E-state index in [2.05, 4.69) is 34.4 Å². The highest BCUT2D eigenvalue weighted by Crippen LogP contribution is 2.17. The predicted octanol–water partition coefficient (Wildman–Crippen LogP) is 2.86. The van der Waals surface area contributed by atoms with Crippen LogP contribution in [0.1, 0.15) is 24.3 Å². The van der Waals surface area contributed by atoms with Crippen molar-refractivity contribution in [1.29, 1.82) is 0 Å². The number of carbonyl (C=O) groups excluding carboxylic acids is 1. The van der Waals surface area contributed by atoms with Crippen molar-refractivity contribution in [2.24, 2.45) is 5.92 Å². The molecule has 6 heteroatoms. The molecule has 2 aromatic heterocycles. The first-order chi connectivity index (χ1) is 9.15. The molecular weight excluding hydrogens is 260 g/mol. The molecule has 0 atom stereocenters. The lowest BCUT2D eigenvalue weighted by Gasteiger charge is -2.04. The molecule has 1 amide bonds. The SMILES string of the molecule is CC(C)CNc1nc(C(=O)Nc2cccnc2)cs1. The quantitative estimate of drug-likeness (QED) is 0.881. The number of hydrogen-bond acceptors (Lipinski definition) is 5. The number of pyridine rings is 1. The van der Waals surface area contributed by atoms with Crippen molar-refractivity contribution >= 4 is 28.1 Å². The lowest BCUT2D eigenvalue weighted by Crippen LogP contribution is -2.13. The molecule has 5 nitrogen and oxygen atoms in total. The number of nitrogens with zero attached hydrogens (tertiary/aromatic N) is 2. The van der Waals surface area contributed by atoms with Gasteiger partial charge in [0, 0.05) is 18.1 Å². The van der Waals surface area contributed by atoms with Crippen molar-refractivity contribution in [3.8, 4) is 0 Å². The van der Waals surface area contributed by atoms with Crippen LogP contribution in [-0.2, 0) is 0 Å².